The van der Waals surface area contributed by atoms with E-state index in [0.29, 0.717) is 30.5 Å². The van der Waals surface area contributed by atoms with Gasteiger partial charge >= 0.3 is 6.03 Å². The number of urea groups is 1. The Kier molecular flexibility index (Phi) is 5.80. The van der Waals surface area contributed by atoms with Crippen molar-refractivity contribution in [2.24, 2.45) is 5.92 Å². The van der Waals surface area contributed by atoms with Gasteiger partial charge in [-0.2, -0.15) is 5.01 Å². The van der Waals surface area contributed by atoms with Crippen LogP contribution in [0.2, 0.25) is 0 Å². The standard InChI is InChI=1S/C21H25N5O3S/c1-15-7-9-21(10-8-15)18(28)26(19(29)23-21)24-17(27)14-30-20-22-11-12-25(20)13-16-5-3-2-4-6-16/h2-6,11-12,15H,7-10,13-14H2,1H3,(H,23,29)(H,24,27). The molecule has 9 heteroatoms. The zero-order chi connectivity index (χ0) is 21.1. The number of hydrazine groups is 1. The van der Waals surface area contributed by atoms with Gasteiger partial charge in [-0.1, -0.05) is 49.0 Å². The highest BCUT2D eigenvalue weighted by Crippen LogP contribution is 2.35. The Morgan fingerprint density at radius 2 is 2.00 bits per heavy atom. The fourth-order valence-corrected chi connectivity index (χ4v) is 4.69. The van der Waals surface area contributed by atoms with E-state index in [0.717, 1.165) is 23.4 Å². The first-order valence-corrected chi connectivity index (χ1v) is 11.1. The maximum atomic E-state index is 12.8. The Bertz CT molecular complexity index is 937. The second-order valence-corrected chi connectivity index (χ2v) is 8.92. The molecule has 2 aliphatic rings. The maximum Gasteiger partial charge on any atom is 0.344 e. The molecular formula is C21H25N5O3S. The van der Waals surface area contributed by atoms with Crippen LogP contribution in [-0.4, -0.2) is 43.7 Å². The molecule has 2 fully saturated rings. The van der Waals surface area contributed by atoms with Gasteiger partial charge in [0.25, 0.3) is 5.91 Å². The third-order valence-corrected chi connectivity index (χ3v) is 6.74. The van der Waals surface area contributed by atoms with Gasteiger partial charge in [0.05, 0.1) is 5.75 Å². The molecule has 2 aromatic rings. The number of rotatable bonds is 6. The van der Waals surface area contributed by atoms with Crippen LogP contribution in [0.4, 0.5) is 4.79 Å². The van der Waals surface area contributed by atoms with E-state index in [1.165, 1.54) is 11.8 Å². The largest absolute Gasteiger partial charge is 0.344 e. The number of imidazole rings is 1. The molecule has 1 aromatic heterocycles. The average Bonchev–Trinajstić information content (AvgIpc) is 3.27. The zero-order valence-electron chi connectivity index (χ0n) is 16.8. The van der Waals surface area contributed by atoms with Crippen molar-refractivity contribution >= 4 is 29.6 Å². The van der Waals surface area contributed by atoms with E-state index >= 15 is 0 Å². The van der Waals surface area contributed by atoms with E-state index in [1.807, 2.05) is 41.1 Å². The quantitative estimate of drug-likeness (QED) is 0.546. The molecule has 0 bridgehead atoms. The van der Waals surface area contributed by atoms with Crippen LogP contribution in [0.15, 0.2) is 47.9 Å². The van der Waals surface area contributed by atoms with Gasteiger partial charge in [0, 0.05) is 18.9 Å². The van der Waals surface area contributed by atoms with Gasteiger partial charge in [-0.05, 0) is 37.2 Å². The number of hydrogen-bond acceptors (Lipinski definition) is 5. The van der Waals surface area contributed by atoms with E-state index in [9.17, 15) is 14.4 Å². The van der Waals surface area contributed by atoms with Crippen LogP contribution in [0, 0.1) is 5.92 Å². The van der Waals surface area contributed by atoms with Crippen LogP contribution in [0.1, 0.15) is 38.2 Å². The fraction of sp³-hybridized carbons (Fsp3) is 0.429. The molecule has 4 amide bonds. The summed E-state index contributed by atoms with van der Waals surface area (Å²) < 4.78 is 1.96. The Hall–Kier alpha value is -2.81. The predicted octanol–water partition coefficient (Wildman–Crippen LogP) is 2.56. The predicted molar refractivity (Wildman–Crippen MR) is 112 cm³/mol. The van der Waals surface area contributed by atoms with Crippen LogP contribution >= 0.6 is 11.8 Å². The zero-order valence-corrected chi connectivity index (χ0v) is 17.7. The number of thioether (sulfide) groups is 1. The summed E-state index contributed by atoms with van der Waals surface area (Å²) in [7, 11) is 0. The van der Waals surface area contributed by atoms with Crippen molar-refractivity contribution in [2.75, 3.05) is 5.75 Å². The van der Waals surface area contributed by atoms with Crippen LogP contribution < -0.4 is 10.7 Å². The lowest BCUT2D eigenvalue weighted by Crippen LogP contribution is -2.51. The SMILES string of the molecule is CC1CCC2(CC1)NC(=O)N(NC(=O)CSc1nccn1Cc1ccccc1)C2=O. The number of amides is 4. The molecule has 0 atom stereocenters. The number of carbonyl (C=O) groups excluding carboxylic acids is 3. The number of benzene rings is 1. The Morgan fingerprint density at radius 3 is 2.73 bits per heavy atom. The maximum absolute atomic E-state index is 12.8. The highest BCUT2D eigenvalue weighted by atomic mass is 32.2. The summed E-state index contributed by atoms with van der Waals surface area (Å²) in [6, 6.07) is 9.42. The topological polar surface area (TPSA) is 96.3 Å². The van der Waals surface area contributed by atoms with Crippen LogP contribution in [0.25, 0.3) is 0 Å². The number of carbonyl (C=O) groups is 3. The van der Waals surface area contributed by atoms with Gasteiger partial charge in [0.1, 0.15) is 5.54 Å². The monoisotopic (exact) mass is 427 g/mol. The minimum absolute atomic E-state index is 0.0485. The molecule has 30 heavy (non-hydrogen) atoms. The van der Waals surface area contributed by atoms with Crippen LogP contribution in [0.3, 0.4) is 0 Å². The lowest BCUT2D eigenvalue weighted by Gasteiger charge is -2.33. The van der Waals surface area contributed by atoms with E-state index in [-0.39, 0.29) is 11.7 Å². The lowest BCUT2D eigenvalue weighted by atomic mass is 9.77. The van der Waals surface area contributed by atoms with Gasteiger partial charge in [-0.15, -0.1) is 0 Å². The smallest absolute Gasteiger partial charge is 0.322 e. The molecule has 4 rings (SSSR count). The molecule has 1 saturated heterocycles. The molecule has 2 N–H and O–H groups in total. The van der Waals surface area contributed by atoms with E-state index in [4.69, 9.17) is 0 Å². The molecule has 158 valence electrons. The average molecular weight is 428 g/mol. The molecule has 0 radical (unpaired) electrons. The van der Waals surface area contributed by atoms with E-state index in [2.05, 4.69) is 22.7 Å². The minimum atomic E-state index is -0.865. The number of aromatic nitrogens is 2. The molecule has 1 spiro atoms. The number of nitrogens with zero attached hydrogens (tertiary/aromatic N) is 3. The Labute approximate surface area is 179 Å². The van der Waals surface area contributed by atoms with Gasteiger partial charge in [-0.25, -0.2) is 9.78 Å². The number of imide groups is 1. The molecule has 2 heterocycles. The van der Waals surface area contributed by atoms with Gasteiger partial charge < -0.3 is 9.88 Å². The van der Waals surface area contributed by atoms with Gasteiger partial charge in [0.15, 0.2) is 5.16 Å². The van der Waals surface area contributed by atoms with E-state index in [1.54, 1.807) is 6.20 Å². The molecule has 1 aromatic carbocycles. The summed E-state index contributed by atoms with van der Waals surface area (Å²) in [5, 5.41) is 4.34. The molecule has 1 aliphatic heterocycles. The molecule has 1 saturated carbocycles. The van der Waals surface area contributed by atoms with Crippen LogP contribution in [-0.2, 0) is 16.1 Å². The van der Waals surface area contributed by atoms with Crippen molar-refractivity contribution in [3.05, 3.63) is 48.3 Å². The number of nitrogens with one attached hydrogen (secondary N) is 2. The third kappa shape index (κ3) is 4.21. The number of hydrogen-bond donors (Lipinski definition) is 2. The van der Waals surface area contributed by atoms with Crippen molar-refractivity contribution < 1.29 is 14.4 Å². The molecule has 0 unspecified atom stereocenters. The second kappa shape index (κ2) is 8.51. The Balaban J connectivity index is 1.33. The Morgan fingerprint density at radius 1 is 1.27 bits per heavy atom. The van der Waals surface area contributed by atoms with Crippen molar-refractivity contribution in [3.63, 3.8) is 0 Å². The molecular weight excluding hydrogens is 402 g/mol. The van der Waals surface area contributed by atoms with Crippen molar-refractivity contribution in [1.29, 1.82) is 0 Å². The van der Waals surface area contributed by atoms with Crippen molar-refractivity contribution in [1.82, 2.24) is 25.3 Å². The molecule has 1 aliphatic carbocycles. The first-order valence-electron chi connectivity index (χ1n) is 10.1. The summed E-state index contributed by atoms with van der Waals surface area (Å²) in [6.07, 6.45) is 6.53. The van der Waals surface area contributed by atoms with Gasteiger partial charge in [-0.3, -0.25) is 15.0 Å². The molecule has 8 nitrogen and oxygen atoms in total. The van der Waals surface area contributed by atoms with Crippen molar-refractivity contribution in [3.8, 4) is 0 Å². The van der Waals surface area contributed by atoms with Gasteiger partial charge in [0.2, 0.25) is 5.91 Å². The highest BCUT2D eigenvalue weighted by Gasteiger charge is 2.52. The highest BCUT2D eigenvalue weighted by molar-refractivity contribution is 7.99. The first kappa shape index (κ1) is 20.5. The minimum Gasteiger partial charge on any atom is -0.322 e. The normalized spacial score (nSPS) is 23.6. The van der Waals surface area contributed by atoms with Crippen LogP contribution in [0.5, 0.6) is 0 Å². The first-order chi connectivity index (χ1) is 14.5. The lowest BCUT2D eigenvalue weighted by molar-refractivity contribution is -0.139. The summed E-state index contributed by atoms with van der Waals surface area (Å²) in [6.45, 7) is 2.80. The van der Waals surface area contributed by atoms with Crippen molar-refractivity contribution in [2.45, 2.75) is 49.8 Å². The summed E-state index contributed by atoms with van der Waals surface area (Å²) in [4.78, 5) is 41.9. The summed E-state index contributed by atoms with van der Waals surface area (Å²) in [5.41, 5.74) is 2.74. The third-order valence-electron chi connectivity index (χ3n) is 5.73. The second-order valence-electron chi connectivity index (χ2n) is 7.98. The fourth-order valence-electron chi connectivity index (χ4n) is 3.94. The summed E-state index contributed by atoms with van der Waals surface area (Å²) >= 11 is 1.26. The van der Waals surface area contributed by atoms with E-state index < -0.39 is 17.5 Å². The summed E-state index contributed by atoms with van der Waals surface area (Å²) in [5.74, 6) is -0.185.